The number of aliphatic imine (C=N–C) groups is 1. The highest BCUT2D eigenvalue weighted by Crippen LogP contribution is 2.08. The Labute approximate surface area is 311 Å². The predicted octanol–water partition coefficient (Wildman–Crippen LogP) is -2.07. The van der Waals surface area contributed by atoms with Crippen molar-refractivity contribution in [2.45, 2.75) is 109 Å². The summed E-state index contributed by atoms with van der Waals surface area (Å²) >= 11 is 0. The Hall–Kier alpha value is -5.26. The predicted molar refractivity (Wildman–Crippen MR) is 201 cm³/mol. The smallest absolute Gasteiger partial charge is 0.243 e. The molecule has 3 unspecified atom stereocenters. The van der Waals surface area contributed by atoms with E-state index in [9.17, 15) is 33.6 Å². The highest BCUT2D eigenvalue weighted by Gasteiger charge is 2.28. The van der Waals surface area contributed by atoms with Gasteiger partial charge in [-0.3, -0.25) is 38.6 Å². The zero-order chi connectivity index (χ0) is 39.6. The molecule has 18 heteroatoms. The molecule has 53 heavy (non-hydrogen) atoms. The van der Waals surface area contributed by atoms with Gasteiger partial charge in [-0.25, -0.2) is 0 Å². The van der Waals surface area contributed by atoms with E-state index in [-0.39, 0.29) is 49.9 Å². The van der Waals surface area contributed by atoms with Crippen LogP contribution in [0.5, 0.6) is 0 Å². The third-order valence-electron chi connectivity index (χ3n) is 7.98. The number of hydrogen-bond acceptors (Lipinski definition) is 9. The third kappa shape index (κ3) is 21.6. The molecular formula is C35H59N11O7. The summed E-state index contributed by atoms with van der Waals surface area (Å²) in [4.78, 5) is 91.1. The number of benzene rings is 1. The molecule has 0 radical (unpaired) electrons. The van der Waals surface area contributed by atoms with E-state index in [1.54, 1.807) is 6.92 Å². The van der Waals surface area contributed by atoms with Crippen LogP contribution in [0.1, 0.15) is 77.7 Å². The standard InChI is InChI=1S/C35H59N11O7/c1-23(43-32(51)27(42-22-47)13-9-18-40-35(37)38)16-19-39-30(49)15-14-29(45-31(50)21-41-25(3)48)34(53)46-28(12-7-8-17-36)33(52)44-24(2)20-26-10-5-4-6-11-26/h4-6,10-11,22-24,27-29H,7-9,12-21,36H2,1-3H3,(H,39,49)(H,41,48)(H,42,47)(H,43,51)(H,44,52)(H,45,50)(H,46,53)(H4,37,38,40)/t23?,24?,27-,28-,29?/m0/s1. The first-order valence-electron chi connectivity index (χ1n) is 18.0. The first-order valence-corrected chi connectivity index (χ1v) is 18.0. The zero-order valence-electron chi connectivity index (χ0n) is 31.1. The Morgan fingerprint density at radius 1 is 0.736 bits per heavy atom. The molecule has 0 aliphatic heterocycles. The van der Waals surface area contributed by atoms with Gasteiger partial charge in [-0.15, -0.1) is 0 Å². The van der Waals surface area contributed by atoms with Gasteiger partial charge in [-0.05, 0) is 77.3 Å². The third-order valence-corrected chi connectivity index (χ3v) is 7.98. The van der Waals surface area contributed by atoms with Crippen molar-refractivity contribution in [3.8, 4) is 0 Å². The van der Waals surface area contributed by atoms with E-state index in [0.29, 0.717) is 64.4 Å². The molecule has 1 aromatic rings. The second-order valence-electron chi connectivity index (χ2n) is 12.8. The Balaban J connectivity index is 2.82. The molecule has 0 heterocycles. The second kappa shape index (κ2) is 26.5. The van der Waals surface area contributed by atoms with Crippen LogP contribution in [0.3, 0.4) is 0 Å². The summed E-state index contributed by atoms with van der Waals surface area (Å²) in [5, 5.41) is 18.6. The number of unbranched alkanes of at least 4 members (excludes halogenated alkanes) is 1. The topological polar surface area (TPSA) is 294 Å². The molecule has 0 aliphatic carbocycles. The lowest BCUT2D eigenvalue weighted by molar-refractivity contribution is -0.133. The number of nitrogens with two attached hydrogens (primary N) is 3. The van der Waals surface area contributed by atoms with E-state index in [4.69, 9.17) is 17.2 Å². The molecule has 0 saturated carbocycles. The van der Waals surface area contributed by atoms with Gasteiger partial charge in [-0.1, -0.05) is 30.3 Å². The maximum Gasteiger partial charge on any atom is 0.243 e. The lowest BCUT2D eigenvalue weighted by Gasteiger charge is -2.25. The van der Waals surface area contributed by atoms with Crippen molar-refractivity contribution >= 4 is 47.8 Å². The van der Waals surface area contributed by atoms with Gasteiger partial charge in [0.2, 0.25) is 41.9 Å². The molecule has 1 aromatic carbocycles. The molecule has 18 nitrogen and oxygen atoms in total. The van der Waals surface area contributed by atoms with Crippen LogP contribution < -0.4 is 54.4 Å². The minimum Gasteiger partial charge on any atom is -0.370 e. The number of hydrogen-bond donors (Lipinski definition) is 10. The summed E-state index contributed by atoms with van der Waals surface area (Å²) in [6.45, 7) is 5.37. The average molecular weight is 746 g/mol. The summed E-state index contributed by atoms with van der Waals surface area (Å²) in [6.07, 6.45) is 3.41. The number of nitrogens with one attached hydrogen (secondary N) is 7. The molecular weight excluding hydrogens is 686 g/mol. The number of carbonyl (C=O) groups excluding carboxylic acids is 7. The van der Waals surface area contributed by atoms with E-state index >= 15 is 0 Å². The first kappa shape index (κ1) is 45.8. The van der Waals surface area contributed by atoms with Crippen LogP contribution in [-0.2, 0) is 40.0 Å². The first-order chi connectivity index (χ1) is 25.2. The molecule has 0 fully saturated rings. The minimum atomic E-state index is -1.19. The molecule has 13 N–H and O–H groups in total. The lowest BCUT2D eigenvalue weighted by Crippen LogP contribution is -2.55. The maximum atomic E-state index is 13.5. The quantitative estimate of drug-likeness (QED) is 0.0203. The fraction of sp³-hybridized carbons (Fsp3) is 0.600. The molecule has 0 aromatic heterocycles. The van der Waals surface area contributed by atoms with Crippen molar-refractivity contribution in [3.63, 3.8) is 0 Å². The van der Waals surface area contributed by atoms with Crippen molar-refractivity contribution < 1.29 is 33.6 Å². The Kier molecular flexibility index (Phi) is 22.9. The zero-order valence-corrected chi connectivity index (χ0v) is 31.1. The van der Waals surface area contributed by atoms with Gasteiger partial charge in [0, 0.05) is 38.5 Å². The van der Waals surface area contributed by atoms with E-state index in [2.05, 4.69) is 42.2 Å². The van der Waals surface area contributed by atoms with Crippen LogP contribution in [0.4, 0.5) is 0 Å². The lowest BCUT2D eigenvalue weighted by atomic mass is 10.0. The minimum absolute atomic E-state index is 0.0670. The Morgan fingerprint density at radius 3 is 2.00 bits per heavy atom. The van der Waals surface area contributed by atoms with Crippen molar-refractivity contribution in [2.75, 3.05) is 26.2 Å². The SMILES string of the molecule is CC(=O)NCC(=O)NC(CCC(=O)NCCC(C)NC(=O)[C@H](CCCN=C(N)N)NC=O)C(=O)N[C@@H](CCCCN)C(=O)NC(C)Cc1ccccc1. The Morgan fingerprint density at radius 2 is 1.36 bits per heavy atom. The van der Waals surface area contributed by atoms with E-state index < -0.39 is 47.7 Å². The summed E-state index contributed by atoms with van der Waals surface area (Å²) in [6, 6.07) is 6.14. The largest absolute Gasteiger partial charge is 0.370 e. The average Bonchev–Trinajstić information content (AvgIpc) is 3.10. The molecule has 5 atom stereocenters. The van der Waals surface area contributed by atoms with Crippen LogP contribution in [0, 0.1) is 0 Å². The van der Waals surface area contributed by atoms with Gasteiger partial charge in [0.15, 0.2) is 5.96 Å². The number of nitrogens with zero attached hydrogens (tertiary/aromatic N) is 1. The summed E-state index contributed by atoms with van der Waals surface area (Å²) in [5.74, 6) is -3.02. The van der Waals surface area contributed by atoms with Gasteiger partial charge in [-0.2, -0.15) is 0 Å². The van der Waals surface area contributed by atoms with E-state index in [1.807, 2.05) is 37.3 Å². The summed E-state index contributed by atoms with van der Waals surface area (Å²) in [7, 11) is 0. The molecule has 7 amide bonds. The highest BCUT2D eigenvalue weighted by molar-refractivity contribution is 5.93. The van der Waals surface area contributed by atoms with E-state index in [1.165, 1.54) is 6.92 Å². The van der Waals surface area contributed by atoms with Gasteiger partial charge in [0.05, 0.1) is 6.54 Å². The normalized spacial score (nSPS) is 13.4. The summed E-state index contributed by atoms with van der Waals surface area (Å²) < 4.78 is 0. The maximum absolute atomic E-state index is 13.5. The molecule has 1 rings (SSSR count). The monoisotopic (exact) mass is 745 g/mol. The number of guanidine groups is 1. The van der Waals surface area contributed by atoms with Gasteiger partial charge in [0.1, 0.15) is 18.1 Å². The van der Waals surface area contributed by atoms with Gasteiger partial charge >= 0.3 is 0 Å². The van der Waals surface area contributed by atoms with Crippen LogP contribution in [0.25, 0.3) is 0 Å². The van der Waals surface area contributed by atoms with Gasteiger partial charge in [0.25, 0.3) is 0 Å². The van der Waals surface area contributed by atoms with Crippen molar-refractivity contribution in [2.24, 2.45) is 22.2 Å². The molecule has 0 bridgehead atoms. The number of rotatable bonds is 27. The summed E-state index contributed by atoms with van der Waals surface area (Å²) in [5.41, 5.74) is 17.3. The fourth-order valence-corrected chi connectivity index (χ4v) is 5.20. The highest BCUT2D eigenvalue weighted by atomic mass is 16.2. The molecule has 0 saturated heterocycles. The number of amides is 7. The molecule has 0 aliphatic rings. The molecule has 296 valence electrons. The molecule has 0 spiro atoms. The van der Waals surface area contributed by atoms with Crippen molar-refractivity contribution in [1.82, 2.24) is 37.2 Å². The van der Waals surface area contributed by atoms with Gasteiger partial charge < -0.3 is 54.4 Å². The van der Waals surface area contributed by atoms with Crippen LogP contribution in [0.2, 0.25) is 0 Å². The second-order valence-corrected chi connectivity index (χ2v) is 12.8. The van der Waals surface area contributed by atoms with Crippen LogP contribution >= 0.6 is 0 Å². The fourth-order valence-electron chi connectivity index (χ4n) is 5.20. The van der Waals surface area contributed by atoms with Crippen LogP contribution in [0.15, 0.2) is 35.3 Å². The van der Waals surface area contributed by atoms with Crippen LogP contribution in [-0.4, -0.2) is 104 Å². The van der Waals surface area contributed by atoms with Crippen molar-refractivity contribution in [3.05, 3.63) is 35.9 Å². The van der Waals surface area contributed by atoms with E-state index in [0.717, 1.165) is 5.56 Å². The number of carbonyl (C=O) groups is 7. The Bertz CT molecular complexity index is 1340. The van der Waals surface area contributed by atoms with Crippen molar-refractivity contribution in [1.29, 1.82) is 0 Å².